The van der Waals surface area contributed by atoms with E-state index >= 15 is 0 Å². The van der Waals surface area contributed by atoms with Crippen molar-refractivity contribution in [3.05, 3.63) is 35.4 Å². The lowest BCUT2D eigenvalue weighted by atomic mass is 9.54. The first kappa shape index (κ1) is 21.4. The summed E-state index contributed by atoms with van der Waals surface area (Å²) in [5, 5.41) is 38.8. The second-order valence-electron chi connectivity index (χ2n) is 7.85. The Labute approximate surface area is 177 Å². The van der Waals surface area contributed by atoms with Gasteiger partial charge in [-0.2, -0.15) is 15.8 Å². The van der Waals surface area contributed by atoms with Crippen LogP contribution in [-0.4, -0.2) is 39.6 Å². The minimum Gasteiger partial charge on any atom is -0.497 e. The Balaban J connectivity index is 2.26. The monoisotopic (exact) mass is 404 g/mol. The van der Waals surface area contributed by atoms with Gasteiger partial charge in [0.25, 0.3) is 0 Å². The Morgan fingerprint density at radius 2 is 1.77 bits per heavy atom. The summed E-state index contributed by atoms with van der Waals surface area (Å²) in [7, 11) is 3.10. The standard InChI is InChI=1S/C23H25N5O2/c1-4-6-28-7-5-18-19(11-24)22(27)23(13-25,14-26)21(20(18)12-28)15-8-16(29-2)10-17(9-15)30-3/h5,8-10,19-21,27H,4,6-7,12H2,1-3H3/p+1/t19?,20-,21-/m0/s1. The molecule has 1 aromatic rings. The summed E-state index contributed by atoms with van der Waals surface area (Å²) < 4.78 is 10.8. The van der Waals surface area contributed by atoms with Crippen LogP contribution >= 0.6 is 0 Å². The lowest BCUT2D eigenvalue weighted by molar-refractivity contribution is -0.899. The molecule has 1 aromatic carbocycles. The Hall–Kier alpha value is -3.34. The van der Waals surface area contributed by atoms with Crippen molar-refractivity contribution in [2.24, 2.45) is 17.3 Å². The van der Waals surface area contributed by atoms with Gasteiger partial charge >= 0.3 is 0 Å². The number of nitriles is 3. The zero-order chi connectivity index (χ0) is 21.9. The lowest BCUT2D eigenvalue weighted by Gasteiger charge is -2.46. The molecule has 7 nitrogen and oxygen atoms in total. The molecular formula is C23H26N5O2+. The van der Waals surface area contributed by atoms with Gasteiger partial charge in [0.15, 0.2) is 5.41 Å². The summed E-state index contributed by atoms with van der Waals surface area (Å²) in [6.07, 6.45) is 3.06. The molecule has 0 saturated heterocycles. The summed E-state index contributed by atoms with van der Waals surface area (Å²) in [5.41, 5.74) is -0.295. The highest BCUT2D eigenvalue weighted by Crippen LogP contribution is 2.53. The van der Waals surface area contributed by atoms with Crippen molar-refractivity contribution in [3.63, 3.8) is 0 Å². The van der Waals surface area contributed by atoms with E-state index in [2.05, 4.69) is 25.1 Å². The molecule has 1 aliphatic carbocycles. The molecule has 0 radical (unpaired) electrons. The van der Waals surface area contributed by atoms with Gasteiger partial charge in [0, 0.05) is 17.9 Å². The third-order valence-corrected chi connectivity index (χ3v) is 6.30. The number of fused-ring (bicyclic) bond motifs is 1. The highest BCUT2D eigenvalue weighted by atomic mass is 16.5. The Kier molecular flexibility index (Phi) is 6.11. The number of quaternary nitrogens is 1. The van der Waals surface area contributed by atoms with E-state index in [1.165, 1.54) is 4.90 Å². The molecule has 0 aromatic heterocycles. The van der Waals surface area contributed by atoms with Crippen LogP contribution in [0.15, 0.2) is 29.8 Å². The van der Waals surface area contributed by atoms with Crippen molar-refractivity contribution < 1.29 is 14.4 Å². The molecule has 2 aliphatic rings. The Bertz CT molecular complexity index is 958. The number of rotatable bonds is 5. The second-order valence-corrected chi connectivity index (χ2v) is 7.85. The zero-order valence-electron chi connectivity index (χ0n) is 17.5. The number of nitrogens with zero attached hydrogens (tertiary/aromatic N) is 3. The maximum atomic E-state index is 10.2. The van der Waals surface area contributed by atoms with Gasteiger partial charge in [0.05, 0.1) is 57.8 Å². The molecule has 0 spiro atoms. The molecule has 2 unspecified atom stereocenters. The molecule has 154 valence electrons. The molecule has 1 aliphatic heterocycles. The normalized spacial score (nSPS) is 26.9. The number of benzene rings is 1. The van der Waals surface area contributed by atoms with Crippen LogP contribution < -0.4 is 14.4 Å². The van der Waals surface area contributed by atoms with Crippen LogP contribution in [0.5, 0.6) is 11.5 Å². The van der Waals surface area contributed by atoms with Gasteiger partial charge in [-0.15, -0.1) is 0 Å². The van der Waals surface area contributed by atoms with Gasteiger partial charge in [-0.05, 0) is 35.8 Å². The molecule has 3 rings (SSSR count). The predicted molar refractivity (Wildman–Crippen MR) is 110 cm³/mol. The molecule has 4 atom stereocenters. The third kappa shape index (κ3) is 3.30. The summed E-state index contributed by atoms with van der Waals surface area (Å²) in [6.45, 7) is 4.58. The first-order valence-electron chi connectivity index (χ1n) is 10.1. The molecular weight excluding hydrogens is 378 g/mol. The largest absolute Gasteiger partial charge is 0.497 e. The second kappa shape index (κ2) is 8.57. The molecule has 1 heterocycles. The van der Waals surface area contributed by atoms with Gasteiger partial charge in [-0.1, -0.05) is 6.92 Å². The van der Waals surface area contributed by atoms with E-state index < -0.39 is 17.3 Å². The zero-order valence-corrected chi connectivity index (χ0v) is 17.5. The molecule has 0 amide bonds. The first-order valence-corrected chi connectivity index (χ1v) is 10.1. The highest BCUT2D eigenvalue weighted by molar-refractivity contribution is 6.00. The average molecular weight is 404 g/mol. The summed E-state index contributed by atoms with van der Waals surface area (Å²) in [4.78, 5) is 1.35. The highest BCUT2D eigenvalue weighted by Gasteiger charge is 2.58. The van der Waals surface area contributed by atoms with Gasteiger partial charge in [-0.3, -0.25) is 0 Å². The number of methoxy groups -OCH3 is 2. The predicted octanol–water partition coefficient (Wildman–Crippen LogP) is 1.85. The first-order chi connectivity index (χ1) is 14.5. The van der Waals surface area contributed by atoms with Crippen LogP contribution in [-0.2, 0) is 0 Å². The third-order valence-electron chi connectivity index (χ3n) is 6.30. The minimum absolute atomic E-state index is 0.136. The molecule has 1 saturated carbocycles. The Morgan fingerprint density at radius 1 is 1.13 bits per heavy atom. The van der Waals surface area contributed by atoms with Gasteiger partial charge < -0.3 is 19.8 Å². The van der Waals surface area contributed by atoms with Crippen molar-refractivity contribution in [1.82, 2.24) is 0 Å². The molecule has 2 N–H and O–H groups in total. The average Bonchev–Trinajstić information content (AvgIpc) is 2.78. The van der Waals surface area contributed by atoms with Crippen LogP contribution in [0.25, 0.3) is 0 Å². The molecule has 7 heteroatoms. The molecule has 1 fully saturated rings. The van der Waals surface area contributed by atoms with E-state index in [9.17, 15) is 15.8 Å². The number of nitrogens with one attached hydrogen (secondary N) is 2. The quantitative estimate of drug-likeness (QED) is 0.726. The number of hydrogen-bond donors (Lipinski definition) is 2. The SMILES string of the molecule is CCC[NH+]1CC=C2C(C#N)C(=N)C(C#N)(C#N)[C@@H](c3cc(OC)cc(OC)c3)[C@H]2C1. The Morgan fingerprint density at radius 3 is 2.27 bits per heavy atom. The van der Waals surface area contributed by atoms with Gasteiger partial charge in [0.2, 0.25) is 0 Å². The van der Waals surface area contributed by atoms with Gasteiger partial charge in [0.1, 0.15) is 17.4 Å². The van der Waals surface area contributed by atoms with E-state index in [0.29, 0.717) is 23.6 Å². The van der Waals surface area contributed by atoms with Crippen LogP contribution in [0.2, 0.25) is 0 Å². The van der Waals surface area contributed by atoms with Crippen LogP contribution in [0.4, 0.5) is 0 Å². The van der Waals surface area contributed by atoms with E-state index in [0.717, 1.165) is 25.1 Å². The number of hydrogen-bond acceptors (Lipinski definition) is 6. The van der Waals surface area contributed by atoms with Crippen molar-refractivity contribution in [3.8, 4) is 29.7 Å². The molecule has 30 heavy (non-hydrogen) atoms. The fourth-order valence-corrected chi connectivity index (χ4v) is 4.90. The maximum Gasteiger partial charge on any atom is 0.189 e. The summed E-state index contributed by atoms with van der Waals surface area (Å²) >= 11 is 0. The topological polar surface area (TPSA) is 118 Å². The number of ether oxygens (including phenoxy) is 2. The van der Waals surface area contributed by atoms with E-state index in [-0.39, 0.29) is 11.6 Å². The van der Waals surface area contributed by atoms with Crippen molar-refractivity contribution in [2.75, 3.05) is 33.9 Å². The van der Waals surface area contributed by atoms with Crippen molar-refractivity contribution >= 4 is 5.71 Å². The van der Waals surface area contributed by atoms with Crippen LogP contribution in [0.1, 0.15) is 24.8 Å². The smallest absolute Gasteiger partial charge is 0.189 e. The summed E-state index contributed by atoms with van der Waals surface area (Å²) in [5.74, 6) is -0.521. The van der Waals surface area contributed by atoms with E-state index in [4.69, 9.17) is 14.9 Å². The minimum atomic E-state index is -1.73. The maximum absolute atomic E-state index is 10.2. The molecule has 0 bridgehead atoms. The van der Waals surface area contributed by atoms with Crippen LogP contribution in [0.3, 0.4) is 0 Å². The van der Waals surface area contributed by atoms with E-state index in [1.54, 1.807) is 20.3 Å². The fourth-order valence-electron chi connectivity index (χ4n) is 4.90. The van der Waals surface area contributed by atoms with Crippen molar-refractivity contribution in [1.29, 1.82) is 21.2 Å². The summed E-state index contributed by atoms with van der Waals surface area (Å²) in [6, 6.07) is 11.8. The van der Waals surface area contributed by atoms with Crippen molar-refractivity contribution in [2.45, 2.75) is 19.3 Å². The lowest BCUT2D eigenvalue weighted by Crippen LogP contribution is -3.13. The van der Waals surface area contributed by atoms with Gasteiger partial charge in [-0.25, -0.2) is 0 Å². The van der Waals surface area contributed by atoms with E-state index in [1.807, 2.05) is 18.2 Å². The fraction of sp³-hybridized carbons (Fsp3) is 0.478. The van der Waals surface area contributed by atoms with Crippen LogP contribution in [0, 0.1) is 56.7 Å².